The Morgan fingerprint density at radius 2 is 1.89 bits per heavy atom. The Labute approximate surface area is 114 Å². The molecule has 1 aromatic carbocycles. The summed E-state index contributed by atoms with van der Waals surface area (Å²) in [7, 11) is -3.76. The maximum absolute atomic E-state index is 12.2. The Hall–Kier alpha value is -0.820. The van der Waals surface area contributed by atoms with Crippen molar-refractivity contribution in [1.29, 1.82) is 0 Å². The zero-order chi connectivity index (χ0) is 13.5. The number of carboxylic acids is 1. The lowest BCUT2D eigenvalue weighted by Crippen LogP contribution is -2.42. The fourth-order valence-electron chi connectivity index (χ4n) is 1.57. The molecule has 1 saturated heterocycles. The number of sulfonamides is 1. The number of carboxylic acid groups (broad SMARTS) is 1. The highest BCUT2D eigenvalue weighted by atomic mass is 35.5. The molecule has 98 valence electrons. The summed E-state index contributed by atoms with van der Waals surface area (Å²) in [6, 6.07) is 2.30. The van der Waals surface area contributed by atoms with E-state index in [1.54, 1.807) is 0 Å². The third-order valence-corrected chi connectivity index (χ3v) is 5.33. The van der Waals surface area contributed by atoms with E-state index in [4.69, 9.17) is 28.3 Å². The van der Waals surface area contributed by atoms with Gasteiger partial charge in [-0.15, -0.1) is 0 Å². The summed E-state index contributed by atoms with van der Waals surface area (Å²) in [6.45, 7) is 0.821. The van der Waals surface area contributed by atoms with Gasteiger partial charge in [0.1, 0.15) is 4.90 Å². The molecule has 1 heterocycles. The minimum absolute atomic E-state index is 0.0240. The van der Waals surface area contributed by atoms with Crippen molar-refractivity contribution in [3.63, 3.8) is 0 Å². The van der Waals surface area contributed by atoms with E-state index >= 15 is 0 Å². The van der Waals surface area contributed by atoms with E-state index in [1.807, 2.05) is 0 Å². The molecule has 0 spiro atoms. The minimum Gasteiger partial charge on any atom is -0.478 e. The highest BCUT2D eigenvalue weighted by Crippen LogP contribution is 2.32. The first-order chi connectivity index (χ1) is 8.34. The number of carbonyl (C=O) groups is 1. The molecule has 0 aliphatic carbocycles. The van der Waals surface area contributed by atoms with Crippen molar-refractivity contribution in [3.05, 3.63) is 27.7 Å². The van der Waals surface area contributed by atoms with Crippen molar-refractivity contribution in [2.75, 3.05) is 13.1 Å². The zero-order valence-corrected chi connectivity index (χ0v) is 11.4. The number of nitrogens with zero attached hydrogens (tertiary/aromatic N) is 1. The average molecular weight is 310 g/mol. The number of halogens is 2. The lowest BCUT2D eigenvalue weighted by molar-refractivity contribution is 0.0697. The topological polar surface area (TPSA) is 74.7 Å². The van der Waals surface area contributed by atoms with Crippen LogP contribution in [0.4, 0.5) is 0 Å². The third-order valence-electron chi connectivity index (χ3n) is 2.67. The first-order valence-corrected chi connectivity index (χ1v) is 7.26. The molecule has 0 bridgehead atoms. The molecule has 8 heteroatoms. The van der Waals surface area contributed by atoms with Crippen molar-refractivity contribution < 1.29 is 18.3 Å². The van der Waals surface area contributed by atoms with E-state index < -0.39 is 16.0 Å². The van der Waals surface area contributed by atoms with E-state index in [0.717, 1.165) is 12.5 Å². The summed E-state index contributed by atoms with van der Waals surface area (Å²) in [5.41, 5.74) is -0.316. The highest BCUT2D eigenvalue weighted by Gasteiger charge is 2.32. The van der Waals surface area contributed by atoms with Gasteiger partial charge in [-0.3, -0.25) is 0 Å². The molecule has 0 atom stereocenters. The van der Waals surface area contributed by atoms with Gasteiger partial charge >= 0.3 is 5.97 Å². The number of rotatable bonds is 3. The van der Waals surface area contributed by atoms with Crippen molar-refractivity contribution in [2.45, 2.75) is 11.3 Å². The molecule has 0 amide bonds. The molecule has 1 N–H and O–H groups in total. The van der Waals surface area contributed by atoms with Crippen LogP contribution in [0, 0.1) is 0 Å². The second-order valence-corrected chi connectivity index (χ2v) is 6.55. The summed E-state index contributed by atoms with van der Waals surface area (Å²) in [4.78, 5) is 10.7. The number of aromatic carboxylic acids is 1. The van der Waals surface area contributed by atoms with Gasteiger partial charge in [-0.2, -0.15) is 4.31 Å². The van der Waals surface area contributed by atoms with Crippen LogP contribution in [0.3, 0.4) is 0 Å². The average Bonchev–Trinajstić information content (AvgIpc) is 2.17. The van der Waals surface area contributed by atoms with Crippen LogP contribution in [0.25, 0.3) is 0 Å². The Morgan fingerprint density at radius 3 is 2.33 bits per heavy atom. The predicted octanol–water partition coefficient (Wildman–Crippen LogP) is 2.09. The monoisotopic (exact) mass is 309 g/mol. The van der Waals surface area contributed by atoms with E-state index in [-0.39, 0.29) is 20.5 Å². The van der Waals surface area contributed by atoms with Crippen molar-refractivity contribution in [1.82, 2.24) is 4.31 Å². The molecule has 18 heavy (non-hydrogen) atoms. The predicted molar refractivity (Wildman–Crippen MR) is 66.8 cm³/mol. The maximum Gasteiger partial charge on any atom is 0.337 e. The van der Waals surface area contributed by atoms with E-state index in [9.17, 15) is 13.2 Å². The first-order valence-electron chi connectivity index (χ1n) is 5.06. The molecule has 5 nitrogen and oxygen atoms in total. The molecular formula is C10H9Cl2NO4S. The van der Waals surface area contributed by atoms with Crippen LogP contribution in [-0.4, -0.2) is 36.9 Å². The van der Waals surface area contributed by atoms with E-state index in [2.05, 4.69) is 0 Å². The Kier molecular flexibility index (Phi) is 3.55. The largest absolute Gasteiger partial charge is 0.478 e. The van der Waals surface area contributed by atoms with Crippen LogP contribution in [0.15, 0.2) is 17.0 Å². The van der Waals surface area contributed by atoms with Gasteiger partial charge in [0.2, 0.25) is 10.0 Å². The highest BCUT2D eigenvalue weighted by molar-refractivity contribution is 7.89. The molecule has 0 aromatic heterocycles. The lowest BCUT2D eigenvalue weighted by Gasteiger charge is -2.30. The van der Waals surface area contributed by atoms with Gasteiger partial charge in [0, 0.05) is 18.1 Å². The molecule has 0 unspecified atom stereocenters. The molecule has 1 aromatic rings. The van der Waals surface area contributed by atoms with E-state index in [1.165, 1.54) is 10.4 Å². The summed E-state index contributed by atoms with van der Waals surface area (Å²) in [6.07, 6.45) is 0.781. The van der Waals surface area contributed by atoms with Gasteiger partial charge < -0.3 is 5.11 Å². The standard InChI is InChI=1S/C10H9Cl2NO4S/c11-6-4-7(10(14)15)9(12)8(5-6)18(16,17)13-2-1-3-13/h4-5H,1-3H2,(H,14,15). The molecule has 1 fully saturated rings. The van der Waals surface area contributed by atoms with Crippen LogP contribution in [0.2, 0.25) is 10.0 Å². The van der Waals surface area contributed by atoms with Gasteiger partial charge in [-0.05, 0) is 18.6 Å². The van der Waals surface area contributed by atoms with Crippen molar-refractivity contribution in [3.8, 4) is 0 Å². The Balaban J connectivity index is 2.61. The SMILES string of the molecule is O=C(O)c1cc(Cl)cc(S(=O)(=O)N2CCC2)c1Cl. The maximum atomic E-state index is 12.2. The number of hydrogen-bond acceptors (Lipinski definition) is 3. The van der Waals surface area contributed by atoms with Crippen LogP contribution >= 0.6 is 23.2 Å². The van der Waals surface area contributed by atoms with Crippen LogP contribution in [0.5, 0.6) is 0 Å². The van der Waals surface area contributed by atoms with Gasteiger partial charge in [-0.1, -0.05) is 23.2 Å². The lowest BCUT2D eigenvalue weighted by atomic mass is 10.2. The molecule has 2 rings (SSSR count). The number of hydrogen-bond donors (Lipinski definition) is 1. The smallest absolute Gasteiger partial charge is 0.337 e. The first kappa shape index (κ1) is 13.6. The van der Waals surface area contributed by atoms with Gasteiger partial charge in [0.05, 0.1) is 10.6 Å². The normalized spacial score (nSPS) is 16.3. The Bertz CT molecular complexity index is 611. The van der Waals surface area contributed by atoms with Gasteiger partial charge in [-0.25, -0.2) is 13.2 Å². The van der Waals surface area contributed by atoms with Crippen LogP contribution in [0.1, 0.15) is 16.8 Å². The molecule has 0 saturated carbocycles. The fourth-order valence-corrected chi connectivity index (χ4v) is 3.97. The summed E-state index contributed by atoms with van der Waals surface area (Å²) in [5, 5.41) is 8.66. The zero-order valence-electron chi connectivity index (χ0n) is 9.06. The molecule has 1 aliphatic heterocycles. The summed E-state index contributed by atoms with van der Waals surface area (Å²) >= 11 is 11.6. The molecular weight excluding hydrogens is 301 g/mol. The molecule has 1 aliphatic rings. The second-order valence-electron chi connectivity index (χ2n) is 3.83. The second kappa shape index (κ2) is 4.70. The summed E-state index contributed by atoms with van der Waals surface area (Å²) in [5.74, 6) is -1.32. The van der Waals surface area contributed by atoms with Gasteiger partial charge in [0.25, 0.3) is 0 Å². The van der Waals surface area contributed by atoms with Crippen molar-refractivity contribution in [2.24, 2.45) is 0 Å². The van der Waals surface area contributed by atoms with Gasteiger partial charge in [0.15, 0.2) is 0 Å². The minimum atomic E-state index is -3.76. The van der Waals surface area contributed by atoms with Crippen molar-refractivity contribution >= 4 is 39.2 Å². The van der Waals surface area contributed by atoms with E-state index in [0.29, 0.717) is 13.1 Å². The summed E-state index contributed by atoms with van der Waals surface area (Å²) < 4.78 is 25.5. The molecule has 0 radical (unpaired) electrons. The fraction of sp³-hybridized carbons (Fsp3) is 0.300. The number of benzene rings is 1. The third kappa shape index (κ3) is 2.21. The van der Waals surface area contributed by atoms with Crippen LogP contribution < -0.4 is 0 Å². The Morgan fingerprint density at radius 1 is 1.28 bits per heavy atom. The quantitative estimate of drug-likeness (QED) is 0.927. The van der Waals surface area contributed by atoms with Crippen LogP contribution in [-0.2, 0) is 10.0 Å².